The lowest BCUT2D eigenvalue weighted by molar-refractivity contribution is 0.685. The van der Waals surface area contributed by atoms with E-state index in [1.54, 1.807) is 24.5 Å². The summed E-state index contributed by atoms with van der Waals surface area (Å²) in [5, 5.41) is 8.91. The number of hydrogen-bond acceptors (Lipinski definition) is 3. The molecule has 0 aliphatic rings. The summed E-state index contributed by atoms with van der Waals surface area (Å²) in [5.74, 6) is 0.705. The number of aromatic nitrogens is 1. The number of hydrogen-bond donors (Lipinski definition) is 2. The maximum absolute atomic E-state index is 6.25. The third-order valence-corrected chi connectivity index (χ3v) is 5.07. The van der Waals surface area contributed by atoms with Crippen LogP contribution < -0.4 is 10.6 Å². The van der Waals surface area contributed by atoms with Crippen LogP contribution in [-0.4, -0.2) is 18.0 Å². The molecule has 1 heterocycles. The molecule has 0 radical (unpaired) electrons. The zero-order chi connectivity index (χ0) is 16.8. The molecule has 0 saturated heterocycles. The Morgan fingerprint density at radius 3 is 2.71 bits per heavy atom. The van der Waals surface area contributed by atoms with Crippen LogP contribution in [0.25, 0.3) is 0 Å². The molecule has 1 unspecified atom stereocenters. The minimum Gasteiger partial charge on any atom is -0.350 e. The molecular formula is C16H21Cl2IN4S. The zero-order valence-corrected chi connectivity index (χ0v) is 18.4. The smallest absolute Gasteiger partial charge is 0.191 e. The molecule has 0 bridgehead atoms. The van der Waals surface area contributed by atoms with E-state index in [9.17, 15) is 0 Å². The van der Waals surface area contributed by atoms with E-state index in [1.165, 1.54) is 4.88 Å². The van der Waals surface area contributed by atoms with Gasteiger partial charge in [-0.1, -0.05) is 36.2 Å². The molecule has 2 rings (SSSR count). The average Bonchev–Trinajstić information content (AvgIpc) is 2.99. The van der Waals surface area contributed by atoms with Crippen molar-refractivity contribution in [1.29, 1.82) is 0 Å². The molecule has 132 valence electrons. The largest absolute Gasteiger partial charge is 0.350 e. The first kappa shape index (κ1) is 21.5. The van der Waals surface area contributed by atoms with Crippen molar-refractivity contribution < 1.29 is 0 Å². The third kappa shape index (κ3) is 6.06. The molecule has 2 N–H and O–H groups in total. The van der Waals surface area contributed by atoms with Crippen LogP contribution in [0.5, 0.6) is 0 Å². The maximum Gasteiger partial charge on any atom is 0.191 e. The number of benzene rings is 1. The van der Waals surface area contributed by atoms with Gasteiger partial charge < -0.3 is 10.6 Å². The van der Waals surface area contributed by atoms with Gasteiger partial charge in [-0.25, -0.2) is 4.98 Å². The molecular weight excluding hydrogens is 478 g/mol. The molecule has 1 aromatic carbocycles. The van der Waals surface area contributed by atoms with Gasteiger partial charge in [0, 0.05) is 28.2 Å². The Morgan fingerprint density at radius 1 is 1.38 bits per heavy atom. The van der Waals surface area contributed by atoms with E-state index >= 15 is 0 Å². The summed E-state index contributed by atoms with van der Waals surface area (Å²) in [4.78, 5) is 9.92. The van der Waals surface area contributed by atoms with Crippen molar-refractivity contribution in [3.63, 3.8) is 0 Å². The third-order valence-electron chi connectivity index (χ3n) is 3.36. The van der Waals surface area contributed by atoms with Crippen LogP contribution >= 0.6 is 58.5 Å². The van der Waals surface area contributed by atoms with Crippen LogP contribution in [0.2, 0.25) is 10.0 Å². The van der Waals surface area contributed by atoms with Crippen LogP contribution in [0.1, 0.15) is 35.3 Å². The van der Waals surface area contributed by atoms with E-state index in [0.29, 0.717) is 22.5 Å². The number of aryl methyl sites for hydroxylation is 1. The van der Waals surface area contributed by atoms with Crippen LogP contribution in [0.4, 0.5) is 0 Å². The van der Waals surface area contributed by atoms with E-state index < -0.39 is 0 Å². The Morgan fingerprint density at radius 2 is 2.12 bits per heavy atom. The minimum absolute atomic E-state index is 0. The van der Waals surface area contributed by atoms with E-state index in [4.69, 9.17) is 23.2 Å². The van der Waals surface area contributed by atoms with Crippen molar-refractivity contribution in [2.24, 2.45) is 4.99 Å². The Kier molecular flexibility index (Phi) is 9.33. The van der Waals surface area contributed by atoms with Crippen molar-refractivity contribution in [2.75, 3.05) is 7.05 Å². The number of halogens is 3. The zero-order valence-electron chi connectivity index (χ0n) is 13.8. The first-order valence-electron chi connectivity index (χ1n) is 7.39. The lowest BCUT2D eigenvalue weighted by atomic mass is 10.1. The highest BCUT2D eigenvalue weighted by Gasteiger charge is 2.12. The maximum atomic E-state index is 6.25. The summed E-state index contributed by atoms with van der Waals surface area (Å²) in [7, 11) is 1.74. The summed E-state index contributed by atoms with van der Waals surface area (Å²) in [5.41, 5.74) is 0.974. The molecule has 1 atom stereocenters. The average molecular weight is 499 g/mol. The van der Waals surface area contributed by atoms with Crippen molar-refractivity contribution in [3.8, 4) is 0 Å². The summed E-state index contributed by atoms with van der Waals surface area (Å²) in [6.45, 7) is 4.80. The molecule has 0 aliphatic heterocycles. The Labute approximate surface area is 174 Å². The molecule has 1 aromatic heterocycles. The number of nitrogens with zero attached hydrogens (tertiary/aromatic N) is 2. The molecule has 0 fully saturated rings. The predicted molar refractivity (Wildman–Crippen MR) is 115 cm³/mol. The summed E-state index contributed by atoms with van der Waals surface area (Å²) in [6, 6.07) is 5.51. The Balaban J connectivity index is 0.00000288. The van der Waals surface area contributed by atoms with Crippen molar-refractivity contribution in [2.45, 2.75) is 32.9 Å². The first-order chi connectivity index (χ1) is 11.0. The second-order valence-corrected chi connectivity index (χ2v) is 7.07. The molecule has 0 aliphatic carbocycles. The fourth-order valence-corrected chi connectivity index (χ4v) is 3.46. The van der Waals surface area contributed by atoms with Gasteiger partial charge in [0.1, 0.15) is 5.01 Å². The molecule has 4 nitrogen and oxygen atoms in total. The highest BCUT2D eigenvalue weighted by atomic mass is 127. The van der Waals surface area contributed by atoms with Gasteiger partial charge in [0.25, 0.3) is 0 Å². The predicted octanol–water partition coefficient (Wildman–Crippen LogP) is 5.06. The fraction of sp³-hybridized carbons (Fsp3) is 0.375. The molecule has 8 heteroatoms. The highest BCUT2D eigenvalue weighted by molar-refractivity contribution is 14.0. The summed E-state index contributed by atoms with van der Waals surface area (Å²) < 4.78 is 0. The van der Waals surface area contributed by atoms with E-state index in [0.717, 1.165) is 17.0 Å². The van der Waals surface area contributed by atoms with Crippen LogP contribution in [0.3, 0.4) is 0 Å². The van der Waals surface area contributed by atoms with Gasteiger partial charge in [-0.3, -0.25) is 4.99 Å². The lowest BCUT2D eigenvalue weighted by Gasteiger charge is -2.19. The van der Waals surface area contributed by atoms with Gasteiger partial charge in [-0.05, 0) is 31.0 Å². The van der Waals surface area contributed by atoms with Gasteiger partial charge in [0.15, 0.2) is 5.96 Å². The summed E-state index contributed by atoms with van der Waals surface area (Å²) >= 11 is 13.9. The van der Waals surface area contributed by atoms with Crippen LogP contribution in [-0.2, 0) is 13.0 Å². The SMILES string of the molecule is CCc1cnc(CNC(=NC)NC(C)c2ccc(Cl)cc2Cl)s1.I. The van der Waals surface area contributed by atoms with Gasteiger partial charge in [-0.15, -0.1) is 35.3 Å². The quantitative estimate of drug-likeness (QED) is 0.344. The van der Waals surface area contributed by atoms with Gasteiger partial charge >= 0.3 is 0 Å². The van der Waals surface area contributed by atoms with Crippen molar-refractivity contribution >= 4 is 64.5 Å². The fourth-order valence-electron chi connectivity index (χ4n) is 2.08. The van der Waals surface area contributed by atoms with Crippen molar-refractivity contribution in [3.05, 3.63) is 49.9 Å². The minimum atomic E-state index is 0. The monoisotopic (exact) mass is 498 g/mol. The Hall–Kier alpha value is -0.570. The van der Waals surface area contributed by atoms with Crippen LogP contribution in [0.15, 0.2) is 29.4 Å². The molecule has 0 amide bonds. The van der Waals surface area contributed by atoms with Gasteiger partial charge in [-0.2, -0.15) is 0 Å². The van der Waals surface area contributed by atoms with Crippen molar-refractivity contribution in [1.82, 2.24) is 15.6 Å². The number of guanidine groups is 1. The molecule has 0 saturated carbocycles. The van der Waals surface area contributed by atoms with Crippen LogP contribution in [0, 0.1) is 0 Å². The molecule has 2 aromatic rings. The van der Waals surface area contributed by atoms with E-state index in [-0.39, 0.29) is 30.0 Å². The Bertz CT molecular complexity index is 690. The second-order valence-electron chi connectivity index (χ2n) is 5.03. The van der Waals surface area contributed by atoms with E-state index in [2.05, 4.69) is 27.5 Å². The van der Waals surface area contributed by atoms with Gasteiger partial charge in [0.2, 0.25) is 0 Å². The number of nitrogens with one attached hydrogen (secondary N) is 2. The first-order valence-corrected chi connectivity index (χ1v) is 8.96. The molecule has 24 heavy (non-hydrogen) atoms. The summed E-state index contributed by atoms with van der Waals surface area (Å²) in [6.07, 6.45) is 2.94. The standard InChI is InChI=1S/C16H20Cl2N4S.HI/c1-4-12-8-20-15(23-12)9-21-16(19-3)22-10(2)13-6-5-11(17)7-14(13)18;/h5-8,10H,4,9H2,1-3H3,(H2,19,21,22);1H. The number of thiazole rings is 1. The normalized spacial score (nSPS) is 12.5. The highest BCUT2D eigenvalue weighted by Crippen LogP contribution is 2.26. The number of rotatable bonds is 5. The lowest BCUT2D eigenvalue weighted by Crippen LogP contribution is -2.38. The number of aliphatic imine (C=N–C) groups is 1. The molecule has 0 spiro atoms. The van der Waals surface area contributed by atoms with E-state index in [1.807, 2.05) is 25.3 Å². The second kappa shape index (κ2) is 10.4. The topological polar surface area (TPSA) is 49.3 Å². The van der Waals surface area contributed by atoms with Gasteiger partial charge in [0.05, 0.1) is 12.6 Å².